The van der Waals surface area contributed by atoms with Gasteiger partial charge in [0.15, 0.2) is 0 Å². The van der Waals surface area contributed by atoms with Gasteiger partial charge in [0.25, 0.3) is 0 Å². The highest BCUT2D eigenvalue weighted by molar-refractivity contribution is 7.89. The normalized spacial score (nSPS) is 23.3. The second-order valence-electron chi connectivity index (χ2n) is 6.62. The molecule has 0 aromatic heterocycles. The molecule has 0 unspecified atom stereocenters. The summed E-state index contributed by atoms with van der Waals surface area (Å²) in [5, 5.41) is 20.8. The van der Waals surface area contributed by atoms with Crippen molar-refractivity contribution in [2.75, 3.05) is 26.2 Å². The average molecular weight is 376 g/mol. The summed E-state index contributed by atoms with van der Waals surface area (Å²) in [6.07, 6.45) is -1.66. The lowest BCUT2D eigenvalue weighted by atomic mass is 10.1. The summed E-state index contributed by atoms with van der Waals surface area (Å²) in [7, 11) is -3.75. The zero-order valence-corrected chi connectivity index (χ0v) is 15.3. The summed E-state index contributed by atoms with van der Waals surface area (Å²) in [5.74, 6) is 0. The van der Waals surface area contributed by atoms with Crippen LogP contribution in [0.15, 0.2) is 65.6 Å². The molecule has 2 atom stereocenters. The maximum absolute atomic E-state index is 12.8. The van der Waals surface area contributed by atoms with Crippen molar-refractivity contribution < 1.29 is 18.6 Å². The summed E-state index contributed by atoms with van der Waals surface area (Å²) in [6.45, 7) is 1.11. The van der Waals surface area contributed by atoms with E-state index in [4.69, 9.17) is 0 Å². The number of benzene rings is 2. The number of nitrogens with zero attached hydrogens (tertiary/aromatic N) is 2. The third-order valence-electron chi connectivity index (χ3n) is 4.40. The molecule has 1 aliphatic rings. The predicted molar refractivity (Wildman–Crippen MR) is 98.9 cm³/mol. The summed E-state index contributed by atoms with van der Waals surface area (Å²) >= 11 is 0. The standard InChI is InChI=1S/C19H24N2O4S/c22-17-12-20(11-16-7-3-1-4-8-16)13-18(23)15-21(14-17)26(24,25)19-9-5-2-6-10-19/h1-10,17-18,22-23H,11-15H2/t17-,18+. The molecule has 0 amide bonds. The number of aliphatic hydroxyl groups excluding tert-OH is 2. The number of hydrogen-bond donors (Lipinski definition) is 2. The van der Waals surface area contributed by atoms with Gasteiger partial charge in [0, 0.05) is 32.7 Å². The van der Waals surface area contributed by atoms with E-state index in [2.05, 4.69) is 0 Å². The van der Waals surface area contributed by atoms with Crippen molar-refractivity contribution in [1.82, 2.24) is 9.21 Å². The van der Waals surface area contributed by atoms with Crippen LogP contribution in [0.5, 0.6) is 0 Å². The third-order valence-corrected chi connectivity index (χ3v) is 6.24. The van der Waals surface area contributed by atoms with Gasteiger partial charge in [-0.3, -0.25) is 4.90 Å². The van der Waals surface area contributed by atoms with Crippen molar-refractivity contribution in [1.29, 1.82) is 0 Å². The first kappa shape index (κ1) is 19.0. The SMILES string of the molecule is O=S(=O)(c1ccccc1)N1C[C@H](O)CN(Cc2ccccc2)C[C@H](O)C1. The van der Waals surface area contributed by atoms with Crippen LogP contribution in [0.1, 0.15) is 5.56 Å². The maximum Gasteiger partial charge on any atom is 0.243 e. The van der Waals surface area contributed by atoms with Gasteiger partial charge in [0.05, 0.1) is 17.1 Å². The van der Waals surface area contributed by atoms with Gasteiger partial charge in [0.1, 0.15) is 0 Å². The molecule has 2 aromatic rings. The number of hydrogen-bond acceptors (Lipinski definition) is 5. The predicted octanol–water partition coefficient (Wildman–Crippen LogP) is 0.915. The Bertz CT molecular complexity index is 785. The fraction of sp³-hybridized carbons (Fsp3) is 0.368. The van der Waals surface area contributed by atoms with Crippen LogP contribution in [-0.4, -0.2) is 66.2 Å². The molecule has 0 aliphatic carbocycles. The quantitative estimate of drug-likeness (QED) is 0.829. The molecule has 1 aliphatic heterocycles. The van der Waals surface area contributed by atoms with Crippen LogP contribution in [0.3, 0.4) is 0 Å². The Kier molecular flexibility index (Phi) is 6.05. The van der Waals surface area contributed by atoms with E-state index in [1.54, 1.807) is 18.2 Å². The van der Waals surface area contributed by atoms with Crippen molar-refractivity contribution >= 4 is 10.0 Å². The van der Waals surface area contributed by atoms with Crippen LogP contribution in [0, 0.1) is 0 Å². The molecule has 6 nitrogen and oxygen atoms in total. The topological polar surface area (TPSA) is 81.1 Å². The average Bonchev–Trinajstić information content (AvgIpc) is 2.61. The molecule has 0 saturated carbocycles. The van der Waals surface area contributed by atoms with Gasteiger partial charge in [-0.25, -0.2) is 8.42 Å². The smallest absolute Gasteiger partial charge is 0.243 e. The van der Waals surface area contributed by atoms with Gasteiger partial charge in [-0.1, -0.05) is 48.5 Å². The lowest BCUT2D eigenvalue weighted by Crippen LogP contribution is -2.51. The van der Waals surface area contributed by atoms with Crippen molar-refractivity contribution in [2.45, 2.75) is 23.6 Å². The summed E-state index contributed by atoms with van der Waals surface area (Å²) in [5.41, 5.74) is 1.08. The van der Waals surface area contributed by atoms with Crippen molar-refractivity contribution in [2.24, 2.45) is 0 Å². The molecule has 26 heavy (non-hydrogen) atoms. The first-order chi connectivity index (χ1) is 12.4. The van der Waals surface area contributed by atoms with E-state index in [1.807, 2.05) is 35.2 Å². The Morgan fingerprint density at radius 3 is 1.85 bits per heavy atom. The number of rotatable bonds is 4. The van der Waals surface area contributed by atoms with E-state index in [9.17, 15) is 18.6 Å². The van der Waals surface area contributed by atoms with Crippen molar-refractivity contribution in [3.05, 3.63) is 66.2 Å². The molecule has 3 rings (SSSR count). The lowest BCUT2D eigenvalue weighted by molar-refractivity contribution is 0.0229. The molecular formula is C19H24N2O4S. The highest BCUT2D eigenvalue weighted by Gasteiger charge is 2.32. The van der Waals surface area contributed by atoms with Crippen LogP contribution in [-0.2, 0) is 16.6 Å². The van der Waals surface area contributed by atoms with E-state index < -0.39 is 22.2 Å². The minimum atomic E-state index is -3.75. The lowest BCUT2D eigenvalue weighted by Gasteiger charge is -2.35. The zero-order valence-electron chi connectivity index (χ0n) is 14.5. The highest BCUT2D eigenvalue weighted by Crippen LogP contribution is 2.18. The maximum atomic E-state index is 12.8. The minimum Gasteiger partial charge on any atom is -0.390 e. The van der Waals surface area contributed by atoms with Crippen LogP contribution in [0.2, 0.25) is 0 Å². The molecule has 0 spiro atoms. The van der Waals surface area contributed by atoms with Crippen LogP contribution >= 0.6 is 0 Å². The minimum absolute atomic E-state index is 0.0421. The summed E-state index contributed by atoms with van der Waals surface area (Å²) in [6, 6.07) is 17.9. The van der Waals surface area contributed by atoms with Crippen molar-refractivity contribution in [3.63, 3.8) is 0 Å². The van der Waals surface area contributed by atoms with Gasteiger partial charge >= 0.3 is 0 Å². The van der Waals surface area contributed by atoms with Gasteiger partial charge in [0.2, 0.25) is 10.0 Å². The van der Waals surface area contributed by atoms with E-state index >= 15 is 0 Å². The Hall–Kier alpha value is -1.77. The number of β-amino-alcohol motifs (C(OH)–C–C–N with tert-alkyl or cyclic N) is 2. The van der Waals surface area contributed by atoms with Gasteiger partial charge in [-0.15, -0.1) is 0 Å². The first-order valence-corrected chi connectivity index (χ1v) is 10.1. The molecule has 7 heteroatoms. The molecule has 0 radical (unpaired) electrons. The van der Waals surface area contributed by atoms with Crippen LogP contribution in [0.25, 0.3) is 0 Å². The van der Waals surface area contributed by atoms with Crippen LogP contribution in [0.4, 0.5) is 0 Å². The van der Waals surface area contributed by atoms with E-state index in [1.165, 1.54) is 16.4 Å². The fourth-order valence-corrected chi connectivity index (χ4v) is 4.78. The third kappa shape index (κ3) is 4.69. The van der Waals surface area contributed by atoms with Gasteiger partial charge in [-0.05, 0) is 17.7 Å². The number of aliphatic hydroxyl groups is 2. The monoisotopic (exact) mass is 376 g/mol. The fourth-order valence-electron chi connectivity index (χ4n) is 3.24. The van der Waals surface area contributed by atoms with E-state index in [0.29, 0.717) is 19.6 Å². The van der Waals surface area contributed by atoms with Crippen LogP contribution < -0.4 is 0 Å². The Balaban J connectivity index is 1.73. The largest absolute Gasteiger partial charge is 0.390 e. The molecule has 2 aromatic carbocycles. The molecule has 140 valence electrons. The molecular weight excluding hydrogens is 352 g/mol. The highest BCUT2D eigenvalue weighted by atomic mass is 32.2. The number of sulfonamides is 1. The zero-order chi connectivity index (χ0) is 18.6. The first-order valence-electron chi connectivity index (χ1n) is 8.63. The second kappa shape index (κ2) is 8.28. The van der Waals surface area contributed by atoms with E-state index in [0.717, 1.165) is 5.56 Å². The molecule has 1 heterocycles. The summed E-state index contributed by atoms with van der Waals surface area (Å²) in [4.78, 5) is 2.12. The molecule has 0 bridgehead atoms. The molecule has 1 saturated heterocycles. The van der Waals surface area contributed by atoms with E-state index in [-0.39, 0.29) is 18.0 Å². The van der Waals surface area contributed by atoms with Gasteiger partial charge in [-0.2, -0.15) is 4.31 Å². The summed E-state index contributed by atoms with van der Waals surface area (Å²) < 4.78 is 26.8. The second-order valence-corrected chi connectivity index (χ2v) is 8.56. The Labute approximate surface area is 154 Å². The molecule has 1 fully saturated rings. The Morgan fingerprint density at radius 2 is 1.31 bits per heavy atom. The Morgan fingerprint density at radius 1 is 0.808 bits per heavy atom. The van der Waals surface area contributed by atoms with Crippen molar-refractivity contribution in [3.8, 4) is 0 Å². The van der Waals surface area contributed by atoms with Gasteiger partial charge < -0.3 is 10.2 Å². The molecule has 2 N–H and O–H groups in total.